The summed E-state index contributed by atoms with van der Waals surface area (Å²) >= 11 is 1.22. The van der Waals surface area contributed by atoms with Crippen LogP contribution in [0.4, 0.5) is 0 Å². The number of nitrogens with zero attached hydrogens (tertiary/aromatic N) is 1. The van der Waals surface area contributed by atoms with Gasteiger partial charge in [0.25, 0.3) is 0 Å². The number of aromatic nitrogens is 1. The van der Waals surface area contributed by atoms with Crippen molar-refractivity contribution in [2.24, 2.45) is 5.92 Å². The number of aromatic carboxylic acids is 1. The molecule has 3 rings (SSSR count). The molecule has 1 amide bonds. The fraction of sp³-hybridized carbons (Fsp3) is 0.353. The van der Waals surface area contributed by atoms with Crippen LogP contribution in [0.15, 0.2) is 23.6 Å². The predicted octanol–water partition coefficient (Wildman–Crippen LogP) is 2.28. The van der Waals surface area contributed by atoms with Gasteiger partial charge in [-0.25, -0.2) is 9.78 Å². The Kier molecular flexibility index (Phi) is 4.89. The molecular weight excluding hydrogens is 344 g/mol. The van der Waals surface area contributed by atoms with Crippen LogP contribution in [0, 0.1) is 5.92 Å². The van der Waals surface area contributed by atoms with Crippen molar-refractivity contribution in [3.05, 3.63) is 39.8 Å². The molecule has 1 heterocycles. The molecular formula is C17H18N2O5S. The maximum absolute atomic E-state index is 12.3. The minimum absolute atomic E-state index is 0.000311. The number of carbonyl (C=O) groups excluding carboxylic acids is 1. The van der Waals surface area contributed by atoms with Crippen LogP contribution in [0.3, 0.4) is 0 Å². The Balaban J connectivity index is 1.61. The third-order valence-corrected chi connectivity index (χ3v) is 5.00. The second-order valence-corrected chi connectivity index (χ2v) is 6.65. The third kappa shape index (κ3) is 3.74. The van der Waals surface area contributed by atoms with Crippen LogP contribution in [0.2, 0.25) is 0 Å². The number of nitrogens with one attached hydrogen (secondary N) is 1. The minimum atomic E-state index is -1.07. The van der Waals surface area contributed by atoms with E-state index in [1.165, 1.54) is 16.7 Å². The van der Waals surface area contributed by atoms with Crippen molar-refractivity contribution in [2.75, 3.05) is 14.2 Å². The van der Waals surface area contributed by atoms with Crippen LogP contribution < -0.4 is 14.8 Å². The predicted molar refractivity (Wildman–Crippen MR) is 91.3 cm³/mol. The third-order valence-electron chi connectivity index (χ3n) is 4.15. The number of carboxylic acids is 1. The molecule has 1 aromatic carbocycles. The normalized spacial score (nSPS) is 18.5. The summed E-state index contributed by atoms with van der Waals surface area (Å²) in [7, 11) is 3.20. The summed E-state index contributed by atoms with van der Waals surface area (Å²) in [5.74, 6) is 0.303. The van der Waals surface area contributed by atoms with E-state index in [0.29, 0.717) is 5.01 Å². The van der Waals surface area contributed by atoms with Gasteiger partial charge in [-0.2, -0.15) is 0 Å². The Labute approximate surface area is 148 Å². The lowest BCUT2D eigenvalue weighted by atomic mass is 10.1. The number of ether oxygens (including phenoxy) is 2. The summed E-state index contributed by atoms with van der Waals surface area (Å²) in [6.45, 7) is 0.231. The second-order valence-electron chi connectivity index (χ2n) is 5.71. The monoisotopic (exact) mass is 362 g/mol. The molecule has 1 fully saturated rings. The van der Waals surface area contributed by atoms with Crippen LogP contribution >= 0.6 is 11.3 Å². The van der Waals surface area contributed by atoms with Crippen molar-refractivity contribution in [3.8, 4) is 11.5 Å². The minimum Gasteiger partial charge on any atom is -0.497 e. The van der Waals surface area contributed by atoms with E-state index < -0.39 is 5.97 Å². The number of amides is 1. The molecule has 25 heavy (non-hydrogen) atoms. The number of benzene rings is 1. The second kappa shape index (κ2) is 7.10. The van der Waals surface area contributed by atoms with Crippen molar-refractivity contribution < 1.29 is 24.2 Å². The van der Waals surface area contributed by atoms with Crippen LogP contribution in [0.1, 0.15) is 33.4 Å². The standard InChI is InChI=1S/C17H18N2O5S/c1-23-9-3-4-14(24-2)11(5-9)10-6-12(10)16(20)18-7-15-19-13(8-25-15)17(21)22/h3-5,8,10,12H,6-7H2,1-2H3,(H,18,20)(H,21,22). The van der Waals surface area contributed by atoms with E-state index in [1.54, 1.807) is 14.2 Å². The number of carboxylic acid groups (broad SMARTS) is 1. The van der Waals surface area contributed by atoms with E-state index in [9.17, 15) is 9.59 Å². The number of carbonyl (C=O) groups is 2. The van der Waals surface area contributed by atoms with Gasteiger partial charge in [0.05, 0.1) is 20.8 Å². The van der Waals surface area contributed by atoms with Crippen molar-refractivity contribution in [2.45, 2.75) is 18.9 Å². The lowest BCUT2D eigenvalue weighted by Crippen LogP contribution is -2.24. The van der Waals surface area contributed by atoms with Gasteiger partial charge in [-0.3, -0.25) is 4.79 Å². The number of thiazole rings is 1. The van der Waals surface area contributed by atoms with E-state index in [2.05, 4.69) is 10.3 Å². The maximum atomic E-state index is 12.3. The topological polar surface area (TPSA) is 97.8 Å². The molecule has 1 saturated carbocycles. The maximum Gasteiger partial charge on any atom is 0.355 e. The average molecular weight is 362 g/mol. The van der Waals surface area contributed by atoms with E-state index >= 15 is 0 Å². The summed E-state index contributed by atoms with van der Waals surface area (Å²) in [5.41, 5.74) is 0.962. The number of rotatable bonds is 7. The fourth-order valence-corrected chi connectivity index (χ4v) is 3.45. The van der Waals surface area contributed by atoms with Gasteiger partial charge < -0.3 is 19.9 Å². The molecule has 8 heteroatoms. The zero-order valence-corrected chi connectivity index (χ0v) is 14.6. The van der Waals surface area contributed by atoms with Gasteiger partial charge in [0, 0.05) is 22.8 Å². The molecule has 0 saturated heterocycles. The van der Waals surface area contributed by atoms with Crippen molar-refractivity contribution >= 4 is 23.2 Å². The fourth-order valence-electron chi connectivity index (χ4n) is 2.74. The highest BCUT2D eigenvalue weighted by Gasteiger charge is 2.45. The molecule has 1 aliphatic carbocycles. The molecule has 0 bridgehead atoms. The first-order chi connectivity index (χ1) is 12.0. The van der Waals surface area contributed by atoms with Gasteiger partial charge in [-0.05, 0) is 24.6 Å². The average Bonchev–Trinajstić information content (AvgIpc) is 3.28. The highest BCUT2D eigenvalue weighted by Crippen LogP contribution is 2.51. The Morgan fingerprint density at radius 3 is 2.80 bits per heavy atom. The van der Waals surface area contributed by atoms with E-state index in [4.69, 9.17) is 14.6 Å². The summed E-state index contributed by atoms with van der Waals surface area (Å²) < 4.78 is 10.6. The van der Waals surface area contributed by atoms with Crippen molar-refractivity contribution in [3.63, 3.8) is 0 Å². The lowest BCUT2D eigenvalue weighted by molar-refractivity contribution is -0.122. The van der Waals surface area contributed by atoms with Gasteiger partial charge in [-0.15, -0.1) is 11.3 Å². The summed E-state index contributed by atoms with van der Waals surface area (Å²) in [5, 5.41) is 13.7. The Hall–Kier alpha value is -2.61. The summed E-state index contributed by atoms with van der Waals surface area (Å²) in [6.07, 6.45) is 0.744. The molecule has 2 N–H and O–H groups in total. The Bertz CT molecular complexity index is 804. The highest BCUT2D eigenvalue weighted by atomic mass is 32.1. The Morgan fingerprint density at radius 1 is 1.36 bits per heavy atom. The van der Waals surface area contributed by atoms with Gasteiger partial charge >= 0.3 is 5.97 Å². The smallest absolute Gasteiger partial charge is 0.355 e. The number of hydrogen-bond acceptors (Lipinski definition) is 6. The zero-order chi connectivity index (χ0) is 18.0. The summed E-state index contributed by atoms with van der Waals surface area (Å²) in [6, 6.07) is 5.56. The van der Waals surface area contributed by atoms with Crippen LogP contribution in [-0.4, -0.2) is 36.2 Å². The van der Waals surface area contributed by atoms with Gasteiger partial charge in [0.1, 0.15) is 16.5 Å². The highest BCUT2D eigenvalue weighted by molar-refractivity contribution is 7.09. The molecule has 0 radical (unpaired) electrons. The lowest BCUT2D eigenvalue weighted by Gasteiger charge is -2.10. The largest absolute Gasteiger partial charge is 0.497 e. The van der Waals surface area contributed by atoms with Crippen LogP contribution in [-0.2, 0) is 11.3 Å². The molecule has 0 spiro atoms. The molecule has 132 valence electrons. The first-order valence-corrected chi connectivity index (χ1v) is 8.58. The first kappa shape index (κ1) is 17.2. The van der Waals surface area contributed by atoms with E-state index in [1.807, 2.05) is 18.2 Å². The molecule has 0 aliphatic heterocycles. The first-order valence-electron chi connectivity index (χ1n) is 7.70. The van der Waals surface area contributed by atoms with Gasteiger partial charge in [0.15, 0.2) is 5.69 Å². The molecule has 7 nitrogen and oxygen atoms in total. The quantitative estimate of drug-likeness (QED) is 0.784. The molecule has 2 aromatic rings. The summed E-state index contributed by atoms with van der Waals surface area (Å²) in [4.78, 5) is 27.1. The SMILES string of the molecule is COc1ccc(OC)c(C2CC2C(=O)NCc2nc(C(=O)O)cs2)c1. The van der Waals surface area contributed by atoms with Crippen LogP contribution in [0.25, 0.3) is 0 Å². The van der Waals surface area contributed by atoms with Crippen molar-refractivity contribution in [1.29, 1.82) is 0 Å². The molecule has 2 atom stereocenters. The molecule has 2 unspecified atom stereocenters. The van der Waals surface area contributed by atoms with Gasteiger partial charge in [-0.1, -0.05) is 0 Å². The van der Waals surface area contributed by atoms with Crippen molar-refractivity contribution in [1.82, 2.24) is 10.3 Å². The van der Waals surface area contributed by atoms with Crippen LogP contribution in [0.5, 0.6) is 11.5 Å². The molecule has 1 aliphatic rings. The Morgan fingerprint density at radius 2 is 2.16 bits per heavy atom. The zero-order valence-electron chi connectivity index (χ0n) is 13.8. The van der Waals surface area contributed by atoms with E-state index in [0.717, 1.165) is 23.5 Å². The molecule has 1 aromatic heterocycles. The number of hydrogen-bond donors (Lipinski definition) is 2. The van der Waals surface area contributed by atoms with E-state index in [-0.39, 0.29) is 30.0 Å². The van der Waals surface area contributed by atoms with Gasteiger partial charge in [0.2, 0.25) is 5.91 Å². The number of methoxy groups -OCH3 is 2.